The molecule has 0 spiro atoms. The van der Waals surface area contributed by atoms with Crippen LogP contribution in [0.5, 0.6) is 0 Å². The summed E-state index contributed by atoms with van der Waals surface area (Å²) in [6, 6.07) is 8.50. The van der Waals surface area contributed by atoms with Gasteiger partial charge in [0.15, 0.2) is 5.16 Å². The zero-order chi connectivity index (χ0) is 15.9. The largest absolute Gasteiger partial charge is 0.268 e. The Bertz CT molecular complexity index is 922. The fourth-order valence-corrected chi connectivity index (χ4v) is 3.08. The number of fused-ring (bicyclic) bond motifs is 1. The minimum Gasteiger partial charge on any atom is -0.268 e. The number of benzene rings is 2. The summed E-state index contributed by atoms with van der Waals surface area (Å²) in [5.41, 5.74) is -0.448. The molecule has 0 aliphatic carbocycles. The first-order valence-corrected chi connectivity index (χ1v) is 8.25. The van der Waals surface area contributed by atoms with Gasteiger partial charge in [-0.2, -0.15) is 0 Å². The lowest BCUT2D eigenvalue weighted by atomic mass is 10.2. The number of aromatic nitrogens is 2. The summed E-state index contributed by atoms with van der Waals surface area (Å²) in [5.74, 6) is -1.62. The van der Waals surface area contributed by atoms with Crippen molar-refractivity contribution in [3.63, 3.8) is 0 Å². The van der Waals surface area contributed by atoms with Gasteiger partial charge in [0, 0.05) is 4.47 Å². The Kier molecular flexibility index (Phi) is 4.01. The Hall–Kier alpha value is -1.73. The average molecular weight is 383 g/mol. The molecule has 0 unspecified atom stereocenters. The van der Waals surface area contributed by atoms with Gasteiger partial charge >= 0.3 is 0 Å². The van der Waals surface area contributed by atoms with E-state index < -0.39 is 22.9 Å². The van der Waals surface area contributed by atoms with E-state index in [2.05, 4.69) is 20.9 Å². The van der Waals surface area contributed by atoms with Crippen LogP contribution in [0.15, 0.2) is 50.8 Å². The number of halogens is 3. The number of hydrogen-bond acceptors (Lipinski definition) is 3. The third kappa shape index (κ3) is 2.44. The van der Waals surface area contributed by atoms with Crippen LogP contribution in [0.1, 0.15) is 0 Å². The lowest BCUT2D eigenvalue weighted by Gasteiger charge is -2.13. The lowest BCUT2D eigenvalue weighted by Crippen LogP contribution is -2.23. The fourth-order valence-electron chi connectivity index (χ4n) is 2.17. The quantitative estimate of drug-likeness (QED) is 0.493. The third-order valence-corrected chi connectivity index (χ3v) is 4.28. The second-order valence-corrected chi connectivity index (χ2v) is 6.16. The van der Waals surface area contributed by atoms with Crippen LogP contribution in [0.25, 0.3) is 16.6 Å². The average Bonchev–Trinajstić information content (AvgIpc) is 2.49. The monoisotopic (exact) mass is 382 g/mol. The van der Waals surface area contributed by atoms with Crippen LogP contribution >= 0.6 is 27.7 Å². The van der Waals surface area contributed by atoms with Crippen molar-refractivity contribution >= 4 is 38.6 Å². The van der Waals surface area contributed by atoms with E-state index >= 15 is 0 Å². The standard InChI is InChI=1S/C15H9BrF2N2OS/c1-22-15-19-12-6-5-8(16)7-9(12)14(21)20(15)13-10(17)3-2-4-11(13)18/h2-7H,1H3. The van der Waals surface area contributed by atoms with Crippen LogP contribution in [0.2, 0.25) is 0 Å². The molecule has 3 rings (SSSR count). The van der Waals surface area contributed by atoms with Gasteiger partial charge in [0.05, 0.1) is 10.9 Å². The normalized spacial score (nSPS) is 11.1. The van der Waals surface area contributed by atoms with Crippen molar-refractivity contribution in [2.45, 2.75) is 5.16 Å². The maximum absolute atomic E-state index is 14.1. The number of para-hydroxylation sites is 1. The van der Waals surface area contributed by atoms with Crippen LogP contribution in [-0.2, 0) is 0 Å². The minimum atomic E-state index is -0.812. The Balaban J connectivity index is 2.48. The summed E-state index contributed by atoms with van der Waals surface area (Å²) >= 11 is 4.43. The van der Waals surface area contributed by atoms with Crippen LogP contribution in [0, 0.1) is 11.6 Å². The first-order valence-electron chi connectivity index (χ1n) is 6.23. The number of rotatable bonds is 2. The number of hydrogen-bond donors (Lipinski definition) is 0. The van der Waals surface area contributed by atoms with Gasteiger partial charge in [0.25, 0.3) is 5.56 Å². The molecule has 0 saturated carbocycles. The molecule has 1 heterocycles. The lowest BCUT2D eigenvalue weighted by molar-refractivity contribution is 0.557. The highest BCUT2D eigenvalue weighted by Crippen LogP contribution is 2.24. The zero-order valence-corrected chi connectivity index (χ0v) is 13.7. The van der Waals surface area contributed by atoms with Crippen molar-refractivity contribution in [3.8, 4) is 5.69 Å². The van der Waals surface area contributed by atoms with Gasteiger partial charge in [-0.1, -0.05) is 33.8 Å². The topological polar surface area (TPSA) is 34.9 Å². The number of nitrogens with zero attached hydrogens (tertiary/aromatic N) is 2. The van der Waals surface area contributed by atoms with Gasteiger partial charge in [0.2, 0.25) is 0 Å². The van der Waals surface area contributed by atoms with Crippen molar-refractivity contribution in [1.29, 1.82) is 0 Å². The highest BCUT2D eigenvalue weighted by molar-refractivity contribution is 9.10. The molecule has 2 aromatic carbocycles. The Morgan fingerprint density at radius 1 is 1.18 bits per heavy atom. The molecule has 0 aliphatic heterocycles. The SMILES string of the molecule is CSc1nc2ccc(Br)cc2c(=O)n1-c1c(F)cccc1F. The molecule has 0 aliphatic rings. The predicted molar refractivity (Wildman–Crippen MR) is 86.7 cm³/mol. The van der Waals surface area contributed by atoms with E-state index in [1.165, 1.54) is 6.07 Å². The Morgan fingerprint density at radius 3 is 2.50 bits per heavy atom. The van der Waals surface area contributed by atoms with Crippen LogP contribution < -0.4 is 5.56 Å². The summed E-state index contributed by atoms with van der Waals surface area (Å²) in [6.45, 7) is 0. The highest BCUT2D eigenvalue weighted by Gasteiger charge is 2.18. The molecular formula is C15H9BrF2N2OS. The molecule has 3 nitrogen and oxygen atoms in total. The molecule has 0 N–H and O–H groups in total. The van der Waals surface area contributed by atoms with Gasteiger partial charge < -0.3 is 0 Å². The molecule has 0 saturated heterocycles. The van der Waals surface area contributed by atoms with Crippen molar-refractivity contribution < 1.29 is 8.78 Å². The van der Waals surface area contributed by atoms with Crippen molar-refractivity contribution in [1.82, 2.24) is 9.55 Å². The molecule has 1 aromatic heterocycles. The molecular weight excluding hydrogens is 374 g/mol. The third-order valence-electron chi connectivity index (χ3n) is 3.14. The second-order valence-electron chi connectivity index (χ2n) is 4.47. The summed E-state index contributed by atoms with van der Waals surface area (Å²) < 4.78 is 29.8. The van der Waals surface area contributed by atoms with E-state index in [1.54, 1.807) is 24.5 Å². The Labute approximate surface area is 137 Å². The first kappa shape index (κ1) is 15.2. The zero-order valence-electron chi connectivity index (χ0n) is 11.3. The molecule has 0 atom stereocenters. The van der Waals surface area contributed by atoms with Crippen molar-refractivity contribution in [2.75, 3.05) is 6.26 Å². The summed E-state index contributed by atoms with van der Waals surface area (Å²) in [4.78, 5) is 17.0. The van der Waals surface area contributed by atoms with Crippen molar-refractivity contribution in [3.05, 3.63) is 62.9 Å². The van der Waals surface area contributed by atoms with E-state index in [-0.39, 0.29) is 10.5 Å². The van der Waals surface area contributed by atoms with E-state index in [1.807, 2.05) is 0 Å². The molecule has 0 radical (unpaired) electrons. The molecule has 112 valence electrons. The molecule has 3 aromatic rings. The second kappa shape index (κ2) is 5.81. The highest BCUT2D eigenvalue weighted by atomic mass is 79.9. The van der Waals surface area contributed by atoms with E-state index in [0.717, 1.165) is 28.5 Å². The molecule has 22 heavy (non-hydrogen) atoms. The first-order chi connectivity index (χ1) is 10.5. The molecule has 0 amide bonds. The van der Waals surface area contributed by atoms with Crippen LogP contribution in [0.3, 0.4) is 0 Å². The smallest absolute Gasteiger partial charge is 0.266 e. The summed E-state index contributed by atoms with van der Waals surface area (Å²) in [5, 5.41) is 0.513. The summed E-state index contributed by atoms with van der Waals surface area (Å²) in [7, 11) is 0. The van der Waals surface area contributed by atoms with E-state index in [9.17, 15) is 13.6 Å². The van der Waals surface area contributed by atoms with Gasteiger partial charge in [-0.15, -0.1) is 0 Å². The minimum absolute atomic E-state index is 0.226. The van der Waals surface area contributed by atoms with Gasteiger partial charge in [0.1, 0.15) is 17.3 Å². The molecule has 0 fully saturated rings. The van der Waals surface area contributed by atoms with E-state index in [4.69, 9.17) is 0 Å². The maximum Gasteiger partial charge on any atom is 0.266 e. The van der Waals surface area contributed by atoms with Crippen LogP contribution in [-0.4, -0.2) is 15.8 Å². The Morgan fingerprint density at radius 2 is 1.86 bits per heavy atom. The van der Waals surface area contributed by atoms with Gasteiger partial charge in [-0.3, -0.25) is 4.79 Å². The predicted octanol–water partition coefficient (Wildman–Crippen LogP) is 4.15. The molecule has 7 heteroatoms. The van der Waals surface area contributed by atoms with Gasteiger partial charge in [-0.05, 0) is 36.6 Å². The van der Waals surface area contributed by atoms with Gasteiger partial charge in [-0.25, -0.2) is 18.3 Å². The fraction of sp³-hybridized carbons (Fsp3) is 0.0667. The maximum atomic E-state index is 14.1. The van der Waals surface area contributed by atoms with Crippen LogP contribution in [0.4, 0.5) is 8.78 Å². The van der Waals surface area contributed by atoms with Crippen molar-refractivity contribution in [2.24, 2.45) is 0 Å². The molecule has 0 bridgehead atoms. The number of thioether (sulfide) groups is 1. The van der Waals surface area contributed by atoms with E-state index in [0.29, 0.717) is 9.99 Å². The summed E-state index contributed by atoms with van der Waals surface area (Å²) in [6.07, 6.45) is 1.70.